The van der Waals surface area contributed by atoms with Crippen LogP contribution in [0.25, 0.3) is 0 Å². The van der Waals surface area contributed by atoms with E-state index in [0.717, 1.165) is 19.3 Å². The molecule has 19 heavy (non-hydrogen) atoms. The molecule has 1 aliphatic heterocycles. The Bertz CT molecular complexity index is 645. The molecular weight excluding hydrogens is 266 g/mol. The van der Waals surface area contributed by atoms with Crippen LogP contribution in [-0.4, -0.2) is 24.2 Å². The number of nitrogens with one attached hydrogen (secondary N) is 1. The topological polar surface area (TPSA) is 83.5 Å². The van der Waals surface area contributed by atoms with E-state index in [1.807, 2.05) is 0 Å². The van der Waals surface area contributed by atoms with Gasteiger partial charge in [-0.05, 0) is 25.0 Å². The maximum absolute atomic E-state index is 12.8. The Hall–Kier alpha value is -1.56. The van der Waals surface area contributed by atoms with E-state index in [2.05, 4.69) is 5.32 Å². The number of fused-ring (bicyclic) bond motifs is 1. The largest absolute Gasteiger partial charge is 0.506 e. The molecule has 0 radical (unpaired) electrons. The molecular formula is C13H15NO4S. The Morgan fingerprint density at radius 3 is 2.53 bits per heavy atom. The number of sulfone groups is 1. The van der Waals surface area contributed by atoms with Crippen molar-refractivity contribution in [2.45, 2.75) is 41.7 Å². The molecule has 1 amide bonds. The van der Waals surface area contributed by atoms with Crippen LogP contribution in [0.1, 0.15) is 32.1 Å². The fraction of sp³-hybridized carbons (Fsp3) is 0.462. The maximum atomic E-state index is 12.8. The molecule has 1 aromatic rings. The minimum Gasteiger partial charge on any atom is -0.506 e. The summed E-state index contributed by atoms with van der Waals surface area (Å²) in [6.07, 6.45) is 3.14. The zero-order valence-corrected chi connectivity index (χ0v) is 11.2. The first-order valence-corrected chi connectivity index (χ1v) is 7.85. The number of anilines is 1. The molecule has 0 atom stereocenters. The zero-order valence-electron chi connectivity index (χ0n) is 10.3. The standard InChI is InChI=1S/C13H15NO4S/c15-9-5-4-6-10-11(9)14-12(16)13(19(10,17)18)7-2-1-3-8-13/h4-6,15H,1-3,7-8H2,(H,14,16). The molecule has 0 unspecified atom stereocenters. The van der Waals surface area contributed by atoms with Gasteiger partial charge in [0.1, 0.15) is 11.4 Å². The third-order valence-corrected chi connectivity index (χ3v) is 6.66. The van der Waals surface area contributed by atoms with Crippen molar-refractivity contribution in [2.24, 2.45) is 0 Å². The fourth-order valence-corrected chi connectivity index (χ4v) is 5.27. The van der Waals surface area contributed by atoms with Crippen LogP contribution in [-0.2, 0) is 14.6 Å². The van der Waals surface area contributed by atoms with E-state index >= 15 is 0 Å². The molecule has 1 fully saturated rings. The highest BCUT2D eigenvalue weighted by Gasteiger charge is 2.55. The number of phenols is 1. The molecule has 1 saturated carbocycles. The number of phenolic OH excluding ortho intramolecular Hbond substituents is 1. The highest BCUT2D eigenvalue weighted by atomic mass is 32.2. The monoisotopic (exact) mass is 281 g/mol. The lowest BCUT2D eigenvalue weighted by molar-refractivity contribution is -0.119. The zero-order chi connectivity index (χ0) is 13.7. The Morgan fingerprint density at radius 2 is 1.84 bits per heavy atom. The molecule has 1 heterocycles. The summed E-state index contributed by atoms with van der Waals surface area (Å²) >= 11 is 0. The van der Waals surface area contributed by atoms with Crippen LogP contribution >= 0.6 is 0 Å². The van der Waals surface area contributed by atoms with Crippen LogP contribution in [0.4, 0.5) is 5.69 Å². The smallest absolute Gasteiger partial charge is 0.246 e. The van der Waals surface area contributed by atoms with Gasteiger partial charge in [0.05, 0.1) is 4.90 Å². The number of rotatable bonds is 0. The van der Waals surface area contributed by atoms with Gasteiger partial charge in [-0.25, -0.2) is 8.42 Å². The second kappa shape index (κ2) is 3.96. The quantitative estimate of drug-likeness (QED) is 0.710. The fourth-order valence-electron chi connectivity index (χ4n) is 3.05. The Balaban J connectivity index is 2.25. The summed E-state index contributed by atoms with van der Waals surface area (Å²) in [6, 6.07) is 4.30. The number of hydrogen-bond donors (Lipinski definition) is 2. The van der Waals surface area contributed by atoms with Gasteiger partial charge in [-0.1, -0.05) is 25.3 Å². The SMILES string of the molecule is O=C1Nc2c(O)cccc2S(=O)(=O)C12CCCCC2. The first-order valence-electron chi connectivity index (χ1n) is 6.37. The summed E-state index contributed by atoms with van der Waals surface area (Å²) < 4.78 is 24.2. The van der Waals surface area contributed by atoms with Crippen LogP contribution in [0.2, 0.25) is 0 Å². The second-order valence-corrected chi connectivity index (χ2v) is 7.39. The lowest BCUT2D eigenvalue weighted by Crippen LogP contribution is -2.53. The second-order valence-electron chi connectivity index (χ2n) is 5.16. The normalized spacial score (nSPS) is 23.7. The number of carbonyl (C=O) groups excluding carboxylic acids is 1. The number of benzene rings is 1. The summed E-state index contributed by atoms with van der Waals surface area (Å²) in [5.41, 5.74) is 0.0173. The molecule has 2 N–H and O–H groups in total. The van der Waals surface area contributed by atoms with E-state index in [0.29, 0.717) is 12.8 Å². The molecule has 2 aliphatic rings. The van der Waals surface area contributed by atoms with Crippen molar-refractivity contribution in [3.05, 3.63) is 18.2 Å². The lowest BCUT2D eigenvalue weighted by Gasteiger charge is -2.38. The lowest BCUT2D eigenvalue weighted by atomic mass is 9.87. The third-order valence-electron chi connectivity index (χ3n) is 4.12. The molecule has 1 spiro atoms. The molecule has 102 valence electrons. The Morgan fingerprint density at radius 1 is 1.16 bits per heavy atom. The van der Waals surface area contributed by atoms with E-state index in [9.17, 15) is 18.3 Å². The number of aromatic hydroxyl groups is 1. The van der Waals surface area contributed by atoms with Crippen LogP contribution in [0, 0.1) is 0 Å². The van der Waals surface area contributed by atoms with Crippen molar-refractivity contribution in [1.82, 2.24) is 0 Å². The highest BCUT2D eigenvalue weighted by Crippen LogP contribution is 2.47. The number of carbonyl (C=O) groups is 1. The predicted molar refractivity (Wildman–Crippen MR) is 69.7 cm³/mol. The Labute approximate surface area is 111 Å². The van der Waals surface area contributed by atoms with Crippen LogP contribution < -0.4 is 5.32 Å². The predicted octanol–water partition coefficient (Wildman–Crippen LogP) is 1.82. The van der Waals surface area contributed by atoms with Gasteiger partial charge in [0.15, 0.2) is 14.6 Å². The van der Waals surface area contributed by atoms with Gasteiger partial charge >= 0.3 is 0 Å². The van der Waals surface area contributed by atoms with Crippen molar-refractivity contribution in [2.75, 3.05) is 5.32 Å². The number of para-hydroxylation sites is 1. The van der Waals surface area contributed by atoms with Crippen molar-refractivity contribution in [3.8, 4) is 5.75 Å². The molecule has 1 aliphatic carbocycles. The van der Waals surface area contributed by atoms with E-state index in [1.165, 1.54) is 18.2 Å². The third kappa shape index (κ3) is 1.52. The van der Waals surface area contributed by atoms with Gasteiger partial charge in [0, 0.05) is 0 Å². The Kier molecular flexibility index (Phi) is 2.60. The average Bonchev–Trinajstić information content (AvgIpc) is 2.40. The molecule has 0 bridgehead atoms. The molecule has 1 aromatic carbocycles. The van der Waals surface area contributed by atoms with Gasteiger partial charge in [-0.15, -0.1) is 0 Å². The average molecular weight is 281 g/mol. The summed E-state index contributed by atoms with van der Waals surface area (Å²) in [7, 11) is -3.75. The summed E-state index contributed by atoms with van der Waals surface area (Å²) in [5.74, 6) is -0.707. The highest BCUT2D eigenvalue weighted by molar-refractivity contribution is 7.94. The van der Waals surface area contributed by atoms with Gasteiger partial charge in [0.2, 0.25) is 5.91 Å². The van der Waals surface area contributed by atoms with Crippen molar-refractivity contribution in [1.29, 1.82) is 0 Å². The van der Waals surface area contributed by atoms with Gasteiger partial charge in [-0.2, -0.15) is 0 Å². The first-order chi connectivity index (χ1) is 8.99. The summed E-state index contributed by atoms with van der Waals surface area (Å²) in [5, 5.41) is 12.3. The molecule has 0 saturated heterocycles. The number of hydrogen-bond acceptors (Lipinski definition) is 4. The van der Waals surface area contributed by atoms with E-state index in [4.69, 9.17) is 0 Å². The number of amides is 1. The molecule has 3 rings (SSSR count). The molecule has 5 nitrogen and oxygen atoms in total. The molecule has 0 aromatic heterocycles. The van der Waals surface area contributed by atoms with Crippen molar-refractivity contribution in [3.63, 3.8) is 0 Å². The van der Waals surface area contributed by atoms with Gasteiger partial charge in [0.25, 0.3) is 0 Å². The summed E-state index contributed by atoms with van der Waals surface area (Å²) in [4.78, 5) is 12.3. The minimum atomic E-state index is -3.75. The molecule has 6 heteroatoms. The van der Waals surface area contributed by atoms with Crippen LogP contribution in [0.3, 0.4) is 0 Å². The van der Waals surface area contributed by atoms with Crippen LogP contribution in [0.5, 0.6) is 5.75 Å². The van der Waals surface area contributed by atoms with Crippen molar-refractivity contribution < 1.29 is 18.3 Å². The van der Waals surface area contributed by atoms with E-state index < -0.39 is 20.5 Å². The van der Waals surface area contributed by atoms with E-state index in [-0.39, 0.29) is 16.3 Å². The van der Waals surface area contributed by atoms with Crippen molar-refractivity contribution >= 4 is 21.4 Å². The summed E-state index contributed by atoms with van der Waals surface area (Å²) in [6.45, 7) is 0. The minimum absolute atomic E-state index is 0.0173. The van der Waals surface area contributed by atoms with E-state index in [1.54, 1.807) is 0 Å². The maximum Gasteiger partial charge on any atom is 0.246 e. The van der Waals surface area contributed by atoms with Gasteiger partial charge in [-0.3, -0.25) is 4.79 Å². The first kappa shape index (κ1) is 12.5. The van der Waals surface area contributed by atoms with Crippen LogP contribution in [0.15, 0.2) is 23.1 Å². The van der Waals surface area contributed by atoms with Gasteiger partial charge < -0.3 is 10.4 Å².